The lowest BCUT2D eigenvalue weighted by Crippen LogP contribution is -2.23. The maximum absolute atomic E-state index is 11.0. The summed E-state index contributed by atoms with van der Waals surface area (Å²) in [5.41, 5.74) is 7.64. The van der Waals surface area contributed by atoms with E-state index in [2.05, 4.69) is 10.2 Å². The molecule has 4 heteroatoms. The SMILES string of the molecule is CNC(=O)CCCN(C)c1ccccc1N. The van der Waals surface area contributed by atoms with E-state index >= 15 is 0 Å². The molecular weight excluding hydrogens is 202 g/mol. The van der Waals surface area contributed by atoms with E-state index in [4.69, 9.17) is 5.73 Å². The molecule has 0 bridgehead atoms. The number of amides is 1. The number of nitrogens with two attached hydrogens (primary N) is 1. The summed E-state index contributed by atoms with van der Waals surface area (Å²) in [6.45, 7) is 0.821. The van der Waals surface area contributed by atoms with Crippen LogP contribution >= 0.6 is 0 Å². The normalized spacial score (nSPS) is 9.88. The van der Waals surface area contributed by atoms with Gasteiger partial charge in [-0.2, -0.15) is 0 Å². The summed E-state index contributed by atoms with van der Waals surface area (Å²) in [4.78, 5) is 13.1. The quantitative estimate of drug-likeness (QED) is 0.735. The summed E-state index contributed by atoms with van der Waals surface area (Å²) in [6.07, 6.45) is 1.37. The van der Waals surface area contributed by atoms with Gasteiger partial charge in [-0.25, -0.2) is 0 Å². The van der Waals surface area contributed by atoms with Crippen molar-refractivity contribution in [2.75, 3.05) is 31.3 Å². The summed E-state index contributed by atoms with van der Waals surface area (Å²) < 4.78 is 0. The van der Waals surface area contributed by atoms with Crippen molar-refractivity contribution >= 4 is 17.3 Å². The molecule has 0 spiro atoms. The van der Waals surface area contributed by atoms with Gasteiger partial charge < -0.3 is 16.0 Å². The standard InChI is InChI=1S/C12H19N3O/c1-14-12(16)8-5-9-15(2)11-7-4-3-6-10(11)13/h3-4,6-7H,5,8-9,13H2,1-2H3,(H,14,16). The molecule has 88 valence electrons. The maximum Gasteiger partial charge on any atom is 0.219 e. The molecule has 0 saturated heterocycles. The number of hydrogen-bond donors (Lipinski definition) is 2. The summed E-state index contributed by atoms with van der Waals surface area (Å²) in [7, 11) is 3.64. The Bertz CT molecular complexity index is 352. The van der Waals surface area contributed by atoms with Crippen molar-refractivity contribution in [2.45, 2.75) is 12.8 Å². The van der Waals surface area contributed by atoms with Crippen LogP contribution in [0.15, 0.2) is 24.3 Å². The Morgan fingerprint density at radius 3 is 2.75 bits per heavy atom. The second-order valence-corrected chi connectivity index (χ2v) is 3.76. The second-order valence-electron chi connectivity index (χ2n) is 3.76. The predicted molar refractivity (Wildman–Crippen MR) is 67.4 cm³/mol. The molecule has 3 N–H and O–H groups in total. The Kier molecular flexibility index (Phi) is 4.64. The summed E-state index contributed by atoms with van der Waals surface area (Å²) in [6, 6.07) is 7.73. The third-order valence-electron chi connectivity index (χ3n) is 2.52. The van der Waals surface area contributed by atoms with E-state index in [9.17, 15) is 4.79 Å². The Hall–Kier alpha value is -1.71. The van der Waals surface area contributed by atoms with E-state index in [1.54, 1.807) is 7.05 Å². The van der Waals surface area contributed by atoms with Gasteiger partial charge in [0.25, 0.3) is 0 Å². The van der Waals surface area contributed by atoms with E-state index in [0.717, 1.165) is 24.3 Å². The smallest absolute Gasteiger partial charge is 0.219 e. The van der Waals surface area contributed by atoms with E-state index < -0.39 is 0 Å². The summed E-state index contributed by atoms with van der Waals surface area (Å²) >= 11 is 0. The largest absolute Gasteiger partial charge is 0.397 e. The molecule has 0 aliphatic heterocycles. The van der Waals surface area contributed by atoms with Gasteiger partial charge in [0, 0.05) is 27.1 Å². The Balaban J connectivity index is 2.44. The topological polar surface area (TPSA) is 58.4 Å². The number of benzene rings is 1. The third-order valence-corrected chi connectivity index (χ3v) is 2.52. The van der Waals surface area contributed by atoms with E-state index in [-0.39, 0.29) is 5.91 Å². The monoisotopic (exact) mass is 221 g/mol. The highest BCUT2D eigenvalue weighted by atomic mass is 16.1. The maximum atomic E-state index is 11.0. The van der Waals surface area contributed by atoms with Crippen molar-refractivity contribution in [2.24, 2.45) is 0 Å². The highest BCUT2D eigenvalue weighted by Gasteiger charge is 2.05. The fraction of sp³-hybridized carbons (Fsp3) is 0.417. The van der Waals surface area contributed by atoms with Gasteiger partial charge in [-0.05, 0) is 18.6 Å². The minimum atomic E-state index is 0.0782. The number of hydrogen-bond acceptors (Lipinski definition) is 3. The van der Waals surface area contributed by atoms with Crippen LogP contribution in [-0.2, 0) is 4.79 Å². The first-order valence-corrected chi connectivity index (χ1v) is 5.41. The van der Waals surface area contributed by atoms with Crippen LogP contribution in [0.2, 0.25) is 0 Å². The van der Waals surface area contributed by atoms with E-state index in [0.29, 0.717) is 6.42 Å². The van der Waals surface area contributed by atoms with Crippen LogP contribution in [0.25, 0.3) is 0 Å². The van der Waals surface area contributed by atoms with E-state index in [1.165, 1.54) is 0 Å². The van der Waals surface area contributed by atoms with Crippen molar-refractivity contribution in [1.29, 1.82) is 0 Å². The van der Waals surface area contributed by atoms with Gasteiger partial charge in [0.1, 0.15) is 0 Å². The van der Waals surface area contributed by atoms with Gasteiger partial charge in [-0.15, -0.1) is 0 Å². The van der Waals surface area contributed by atoms with Crippen LogP contribution in [0, 0.1) is 0 Å². The molecule has 1 rings (SSSR count). The minimum Gasteiger partial charge on any atom is -0.397 e. The number of nitrogens with one attached hydrogen (secondary N) is 1. The molecule has 16 heavy (non-hydrogen) atoms. The molecule has 4 nitrogen and oxygen atoms in total. The zero-order valence-corrected chi connectivity index (χ0v) is 9.86. The molecule has 0 radical (unpaired) electrons. The Morgan fingerprint density at radius 2 is 2.12 bits per heavy atom. The highest BCUT2D eigenvalue weighted by molar-refractivity contribution is 5.75. The van der Waals surface area contributed by atoms with Crippen LogP contribution in [0.4, 0.5) is 11.4 Å². The number of anilines is 2. The molecule has 0 atom stereocenters. The van der Waals surface area contributed by atoms with Crippen LogP contribution in [0.5, 0.6) is 0 Å². The Morgan fingerprint density at radius 1 is 1.44 bits per heavy atom. The molecule has 0 aromatic heterocycles. The second kappa shape index (κ2) is 6.00. The average molecular weight is 221 g/mol. The summed E-state index contributed by atoms with van der Waals surface area (Å²) in [5, 5.41) is 2.61. The van der Waals surface area contributed by atoms with Crippen molar-refractivity contribution in [3.05, 3.63) is 24.3 Å². The molecule has 1 aromatic rings. The number of nitrogens with zero attached hydrogens (tertiary/aromatic N) is 1. The molecule has 0 heterocycles. The fourth-order valence-electron chi connectivity index (χ4n) is 1.56. The molecule has 0 saturated carbocycles. The molecular formula is C12H19N3O. The zero-order valence-electron chi connectivity index (χ0n) is 9.86. The first-order chi connectivity index (χ1) is 7.65. The fourth-order valence-corrected chi connectivity index (χ4v) is 1.56. The zero-order chi connectivity index (χ0) is 12.0. The molecule has 1 aromatic carbocycles. The van der Waals surface area contributed by atoms with Crippen LogP contribution in [0.1, 0.15) is 12.8 Å². The van der Waals surface area contributed by atoms with Gasteiger partial charge in [0.05, 0.1) is 11.4 Å². The number of para-hydroxylation sites is 2. The number of rotatable bonds is 5. The van der Waals surface area contributed by atoms with Crippen molar-refractivity contribution in [3.8, 4) is 0 Å². The number of carbonyl (C=O) groups excluding carboxylic acids is 1. The van der Waals surface area contributed by atoms with Gasteiger partial charge in [0.15, 0.2) is 0 Å². The van der Waals surface area contributed by atoms with E-state index in [1.807, 2.05) is 31.3 Å². The van der Waals surface area contributed by atoms with Crippen LogP contribution in [0.3, 0.4) is 0 Å². The van der Waals surface area contributed by atoms with Gasteiger partial charge >= 0.3 is 0 Å². The predicted octanol–water partition coefficient (Wildman–Crippen LogP) is 1.23. The lowest BCUT2D eigenvalue weighted by molar-refractivity contribution is -0.120. The van der Waals surface area contributed by atoms with Gasteiger partial charge in [0.2, 0.25) is 5.91 Å². The lowest BCUT2D eigenvalue weighted by Gasteiger charge is -2.20. The minimum absolute atomic E-state index is 0.0782. The third kappa shape index (κ3) is 3.46. The number of nitrogen functional groups attached to an aromatic ring is 1. The van der Waals surface area contributed by atoms with Gasteiger partial charge in [-0.1, -0.05) is 12.1 Å². The van der Waals surface area contributed by atoms with Crippen molar-refractivity contribution in [1.82, 2.24) is 5.32 Å². The average Bonchev–Trinajstić information content (AvgIpc) is 2.29. The molecule has 1 amide bonds. The molecule has 0 aliphatic carbocycles. The van der Waals surface area contributed by atoms with Crippen LogP contribution in [-0.4, -0.2) is 26.5 Å². The first kappa shape index (κ1) is 12.4. The van der Waals surface area contributed by atoms with Crippen molar-refractivity contribution < 1.29 is 4.79 Å². The molecule has 0 aliphatic rings. The van der Waals surface area contributed by atoms with Crippen LogP contribution < -0.4 is 16.0 Å². The number of carbonyl (C=O) groups is 1. The molecule has 0 unspecified atom stereocenters. The van der Waals surface area contributed by atoms with Gasteiger partial charge in [-0.3, -0.25) is 4.79 Å². The first-order valence-electron chi connectivity index (χ1n) is 5.41. The van der Waals surface area contributed by atoms with Crippen molar-refractivity contribution in [3.63, 3.8) is 0 Å². The Labute approximate surface area is 96.4 Å². The molecule has 0 fully saturated rings. The lowest BCUT2D eigenvalue weighted by atomic mass is 10.2. The summed E-state index contributed by atoms with van der Waals surface area (Å²) in [5.74, 6) is 0.0782. The highest BCUT2D eigenvalue weighted by Crippen LogP contribution is 2.21.